The van der Waals surface area contributed by atoms with Gasteiger partial charge in [0.1, 0.15) is 0 Å². The molecule has 16 rings (SSSR count). The van der Waals surface area contributed by atoms with Crippen LogP contribution >= 0.6 is 15.9 Å². The number of benzene rings is 12. The van der Waals surface area contributed by atoms with Gasteiger partial charge in [-0.2, -0.15) is 0 Å². The SMILES string of the molecule is Brc1ccc(C2(c3ccc4c(c3)c3ccccc3n4-c3ccccc3)c3ccccc3-c3ccccc32)cc1.Cc1ccc(C2(c3ccc4c(c3)c3ccccc3n4-c3ccccc3)c3ccccc3-c3ccccc32)cc1.[2H]CF.[C-]#N.[Cu+]. The Labute approximate surface area is 504 Å². The first-order valence-electron chi connectivity index (χ1n) is 28.1. The topological polar surface area (TPSA) is 33.6 Å². The first-order chi connectivity index (χ1) is 40.9. The van der Waals surface area contributed by atoms with Gasteiger partial charge in [0.15, 0.2) is 0 Å². The van der Waals surface area contributed by atoms with Crippen LogP contribution in [0.1, 0.15) is 51.4 Å². The summed E-state index contributed by atoms with van der Waals surface area (Å²) in [5.74, 6) is 0. The molecule has 2 aliphatic carbocycles. The van der Waals surface area contributed by atoms with E-state index < -0.39 is 18.0 Å². The second-order valence-corrected chi connectivity index (χ2v) is 21.8. The molecular formula is C77H54BrCuFN3. The van der Waals surface area contributed by atoms with Crippen molar-refractivity contribution in [3.63, 3.8) is 0 Å². The van der Waals surface area contributed by atoms with Crippen LogP contribution in [0.3, 0.4) is 0 Å². The maximum Gasteiger partial charge on any atom is 1.00 e. The number of nitrogens with zero attached hydrogens (tertiary/aromatic N) is 3. The molecule has 0 N–H and O–H groups in total. The fourth-order valence-corrected chi connectivity index (χ4v) is 13.9. The first-order valence-corrected chi connectivity index (χ1v) is 28.2. The van der Waals surface area contributed by atoms with Crippen LogP contribution in [0.5, 0.6) is 0 Å². The molecule has 6 heteroatoms. The Kier molecular flexibility index (Phi) is 14.4. The molecule has 0 spiro atoms. The van der Waals surface area contributed by atoms with E-state index in [-0.39, 0.29) is 17.1 Å². The van der Waals surface area contributed by atoms with Gasteiger partial charge >= 0.3 is 17.1 Å². The number of alkyl halides is 1. The van der Waals surface area contributed by atoms with Gasteiger partial charge in [0.05, 0.1) is 41.4 Å². The summed E-state index contributed by atoms with van der Waals surface area (Å²) in [4.78, 5) is 0. The summed E-state index contributed by atoms with van der Waals surface area (Å²) < 4.78 is 21.4. The smallest absolute Gasteiger partial charge is 0.512 e. The van der Waals surface area contributed by atoms with Gasteiger partial charge in [0.25, 0.3) is 0 Å². The third kappa shape index (κ3) is 8.49. The predicted molar refractivity (Wildman–Crippen MR) is 341 cm³/mol. The molecule has 0 radical (unpaired) electrons. The number of hydrogen-bond acceptors (Lipinski definition) is 1. The molecule has 83 heavy (non-hydrogen) atoms. The number of hydrogen-bond donors (Lipinski definition) is 0. The number of rotatable bonds is 6. The molecule has 402 valence electrons. The van der Waals surface area contributed by atoms with Crippen LogP contribution in [0.25, 0.3) is 77.2 Å². The Morgan fingerprint density at radius 2 is 0.651 bits per heavy atom. The number of aromatic nitrogens is 2. The Hall–Kier alpha value is -9.34. The average Bonchev–Trinajstić information content (AvgIpc) is 1.63. The van der Waals surface area contributed by atoms with Crippen LogP contribution in [0, 0.1) is 18.8 Å². The number of para-hydroxylation sites is 4. The van der Waals surface area contributed by atoms with E-state index in [0.717, 1.165) is 4.47 Å². The Balaban J connectivity index is 0.000000152. The monoisotopic (exact) mass is 1180 g/mol. The van der Waals surface area contributed by atoms with Crippen LogP contribution < -0.4 is 0 Å². The van der Waals surface area contributed by atoms with Gasteiger partial charge in [-0.1, -0.05) is 240 Å². The van der Waals surface area contributed by atoms with E-state index >= 15 is 0 Å². The molecule has 12 aromatic carbocycles. The van der Waals surface area contributed by atoms with Gasteiger partial charge in [-0.15, -0.1) is 0 Å². The molecule has 0 aliphatic heterocycles. The van der Waals surface area contributed by atoms with Crippen molar-refractivity contribution in [3.8, 4) is 33.6 Å². The first kappa shape index (κ1) is 53.0. The minimum absolute atomic E-state index is 0. The largest absolute Gasteiger partial charge is 1.00 e. The fourth-order valence-electron chi connectivity index (χ4n) is 13.7. The summed E-state index contributed by atoms with van der Waals surface area (Å²) in [7, 11) is -1.00. The van der Waals surface area contributed by atoms with Crippen LogP contribution in [0.2, 0.25) is 0 Å². The third-order valence-corrected chi connectivity index (χ3v) is 17.4. The van der Waals surface area contributed by atoms with Gasteiger partial charge in [-0.05, 0) is 146 Å². The van der Waals surface area contributed by atoms with Crippen molar-refractivity contribution < 1.29 is 22.8 Å². The normalized spacial score (nSPS) is 12.9. The number of halogens is 2. The van der Waals surface area contributed by atoms with E-state index in [1.54, 1.807) is 0 Å². The summed E-state index contributed by atoms with van der Waals surface area (Å²) in [6, 6.07) is 107. The summed E-state index contributed by atoms with van der Waals surface area (Å²) >= 11 is 3.67. The molecule has 0 fully saturated rings. The van der Waals surface area contributed by atoms with Crippen molar-refractivity contribution in [1.29, 1.82) is 5.26 Å². The minimum Gasteiger partial charge on any atom is -0.512 e. The summed E-state index contributed by atoms with van der Waals surface area (Å²) in [5, 5.41) is 11.3. The van der Waals surface area contributed by atoms with Crippen molar-refractivity contribution in [3.05, 3.63) is 352 Å². The molecule has 14 aromatic rings. The Morgan fingerprint density at radius 1 is 0.361 bits per heavy atom. The number of fused-ring (bicyclic) bond motifs is 12. The molecular weight excluding hydrogens is 1130 g/mol. The molecule has 0 unspecified atom stereocenters. The molecule has 0 saturated carbocycles. The van der Waals surface area contributed by atoms with E-state index in [0.29, 0.717) is 0 Å². The van der Waals surface area contributed by atoms with Gasteiger partial charge in [0, 0.05) is 37.4 Å². The number of aryl methyl sites for hydroxylation is 1. The zero-order valence-corrected chi connectivity index (χ0v) is 47.8. The van der Waals surface area contributed by atoms with E-state index in [1.807, 2.05) is 0 Å². The Morgan fingerprint density at radius 3 is 1.02 bits per heavy atom. The van der Waals surface area contributed by atoms with Gasteiger partial charge < -0.3 is 21.0 Å². The van der Waals surface area contributed by atoms with Crippen molar-refractivity contribution in [2.45, 2.75) is 17.8 Å². The maximum atomic E-state index is 9.96. The van der Waals surface area contributed by atoms with Crippen molar-refractivity contribution in [2.75, 3.05) is 7.15 Å². The van der Waals surface area contributed by atoms with Gasteiger partial charge in [0.2, 0.25) is 0 Å². The zero-order chi connectivity index (χ0) is 56.7. The van der Waals surface area contributed by atoms with Crippen LogP contribution in [-0.4, -0.2) is 16.3 Å². The van der Waals surface area contributed by atoms with Gasteiger partial charge in [-0.3, -0.25) is 4.39 Å². The molecule has 0 amide bonds. The predicted octanol–water partition coefficient (Wildman–Crippen LogP) is 20.0. The molecule has 2 aliphatic rings. The van der Waals surface area contributed by atoms with E-state index in [2.05, 4.69) is 323 Å². The van der Waals surface area contributed by atoms with Crippen LogP contribution in [0.15, 0.2) is 296 Å². The quantitative estimate of drug-likeness (QED) is 0.121. The average molecular weight is 1180 g/mol. The third-order valence-electron chi connectivity index (χ3n) is 16.9. The van der Waals surface area contributed by atoms with E-state index in [1.165, 1.54) is 127 Å². The summed E-state index contributed by atoms with van der Waals surface area (Å²) in [6.45, 7) is 6.91. The molecule has 0 bridgehead atoms. The van der Waals surface area contributed by atoms with Crippen LogP contribution in [-0.2, 0) is 27.9 Å². The second-order valence-electron chi connectivity index (χ2n) is 20.9. The zero-order valence-electron chi connectivity index (χ0n) is 46.3. The van der Waals surface area contributed by atoms with Crippen LogP contribution in [0.4, 0.5) is 4.39 Å². The molecule has 2 aromatic heterocycles. The minimum atomic E-state index is -1.00. The summed E-state index contributed by atoms with van der Waals surface area (Å²) in [5.41, 5.74) is 23.5. The van der Waals surface area contributed by atoms with Crippen molar-refractivity contribution in [1.82, 2.24) is 9.13 Å². The second kappa shape index (κ2) is 22.5. The standard InChI is InChI=1S/C38H27N.C37H24BrN.CH3F.CN.Cu/c1-26-19-21-27(22-20-26)38(34-16-8-5-13-30(34)31-14-6-9-17-35(31)38)28-23-24-37-33(25-28)32-15-7-10-18-36(32)39(37)29-11-3-2-4-12-29;38-27-21-18-25(19-22-27)37(33-15-7-4-12-29(33)30-13-5-8-16-34(30)37)26-20-23-36-32(24-26)31-14-6-9-17-35(31)39(36)28-10-2-1-3-11-28;2*1-2;/h2-25H,1H3;1-24H;1H3;;/q;;;-1;+1/i;;1D;;. The van der Waals surface area contributed by atoms with Crippen molar-refractivity contribution >= 4 is 59.5 Å². The maximum absolute atomic E-state index is 9.96. The molecule has 2 heterocycles. The Bertz CT molecular complexity index is 4330. The molecule has 0 saturated heterocycles. The summed E-state index contributed by atoms with van der Waals surface area (Å²) in [6.07, 6.45) is 0. The van der Waals surface area contributed by atoms with E-state index in [9.17, 15) is 4.39 Å². The van der Waals surface area contributed by atoms with E-state index in [4.69, 9.17) is 13.2 Å². The molecule has 0 atom stereocenters. The van der Waals surface area contributed by atoms with Gasteiger partial charge in [-0.25, -0.2) is 0 Å². The van der Waals surface area contributed by atoms with Crippen molar-refractivity contribution in [2.24, 2.45) is 0 Å². The fraction of sp³-hybridized carbons (Fsp3) is 0.0519. The molecule has 3 nitrogen and oxygen atoms in total.